The van der Waals surface area contributed by atoms with Crippen LogP contribution in [0.2, 0.25) is 5.02 Å². The van der Waals surface area contributed by atoms with Gasteiger partial charge in [0.15, 0.2) is 5.96 Å². The van der Waals surface area contributed by atoms with E-state index in [0.717, 1.165) is 51.4 Å². The second kappa shape index (κ2) is 14.8. The monoisotopic (exact) mass is 553 g/mol. The van der Waals surface area contributed by atoms with Crippen molar-refractivity contribution in [3.63, 3.8) is 0 Å². The molecule has 0 spiro atoms. The summed E-state index contributed by atoms with van der Waals surface area (Å²) in [6.45, 7) is 8.22. The van der Waals surface area contributed by atoms with Gasteiger partial charge in [0.05, 0.1) is 6.54 Å². The fourth-order valence-electron chi connectivity index (χ4n) is 3.32. The van der Waals surface area contributed by atoms with Crippen molar-refractivity contribution in [3.8, 4) is 0 Å². The Hall–Kier alpha value is -1.13. The third kappa shape index (κ3) is 9.34. The average Bonchev–Trinajstić information content (AvgIpc) is 2.70. The lowest BCUT2D eigenvalue weighted by atomic mass is 10.1. The Kier molecular flexibility index (Phi) is 13.3. The molecule has 3 N–H and O–H groups in total. The number of amides is 1. The van der Waals surface area contributed by atoms with Crippen molar-refractivity contribution in [1.29, 1.82) is 0 Å². The highest BCUT2D eigenvalue weighted by molar-refractivity contribution is 14.0. The molecular weight excluding hydrogens is 520 g/mol. The normalized spacial score (nSPS) is 15.4. The smallest absolute Gasteiger partial charge is 0.234 e. The van der Waals surface area contributed by atoms with E-state index in [0.29, 0.717) is 36.1 Å². The van der Waals surface area contributed by atoms with Gasteiger partial charge in [0.1, 0.15) is 5.82 Å². The van der Waals surface area contributed by atoms with Gasteiger partial charge in [0, 0.05) is 49.4 Å². The van der Waals surface area contributed by atoms with Crippen LogP contribution in [-0.4, -0.2) is 62.1 Å². The maximum Gasteiger partial charge on any atom is 0.234 e. The molecule has 0 unspecified atom stereocenters. The summed E-state index contributed by atoms with van der Waals surface area (Å²) in [5.41, 5.74) is 0.503. The molecule has 0 bridgehead atoms. The minimum atomic E-state index is -0.291. The van der Waals surface area contributed by atoms with Crippen LogP contribution in [0.4, 0.5) is 4.39 Å². The molecule has 0 radical (unpaired) electrons. The quantitative estimate of drug-likeness (QED) is 0.250. The van der Waals surface area contributed by atoms with E-state index in [1.807, 2.05) is 13.8 Å². The minimum absolute atomic E-state index is 0. The molecule has 30 heavy (non-hydrogen) atoms. The Bertz CT molecular complexity index is 663. The van der Waals surface area contributed by atoms with E-state index in [2.05, 4.69) is 25.8 Å². The fourth-order valence-corrected chi connectivity index (χ4v) is 3.58. The van der Waals surface area contributed by atoms with Crippen LogP contribution >= 0.6 is 35.6 Å². The number of nitrogens with one attached hydrogen (secondary N) is 3. The van der Waals surface area contributed by atoms with Crippen LogP contribution in [0, 0.1) is 5.82 Å². The van der Waals surface area contributed by atoms with Gasteiger partial charge in [0.25, 0.3) is 0 Å². The zero-order valence-electron chi connectivity index (χ0n) is 17.8. The zero-order valence-corrected chi connectivity index (χ0v) is 20.9. The number of halogens is 3. The van der Waals surface area contributed by atoms with Crippen molar-refractivity contribution < 1.29 is 9.18 Å². The average molecular weight is 554 g/mol. The zero-order chi connectivity index (χ0) is 21.1. The van der Waals surface area contributed by atoms with Crippen LogP contribution in [0.3, 0.4) is 0 Å². The molecule has 0 aliphatic carbocycles. The van der Waals surface area contributed by atoms with E-state index in [1.54, 1.807) is 12.1 Å². The second-order valence-corrected chi connectivity index (χ2v) is 7.66. The number of aliphatic imine (C=N–C) groups is 1. The molecule has 1 aliphatic rings. The number of hydrogen-bond acceptors (Lipinski definition) is 3. The van der Waals surface area contributed by atoms with Crippen LogP contribution in [-0.2, 0) is 11.2 Å². The predicted molar refractivity (Wildman–Crippen MR) is 132 cm³/mol. The predicted octanol–water partition coefficient (Wildman–Crippen LogP) is 3.19. The number of carbonyl (C=O) groups is 1. The van der Waals surface area contributed by atoms with Crippen LogP contribution in [0.5, 0.6) is 0 Å². The van der Waals surface area contributed by atoms with Crippen LogP contribution < -0.4 is 16.0 Å². The van der Waals surface area contributed by atoms with Crippen molar-refractivity contribution in [2.24, 2.45) is 4.99 Å². The highest BCUT2D eigenvalue weighted by atomic mass is 127. The molecule has 1 heterocycles. The number of rotatable bonds is 9. The lowest BCUT2D eigenvalue weighted by molar-refractivity contribution is -0.122. The highest BCUT2D eigenvalue weighted by Crippen LogP contribution is 2.19. The molecule has 6 nitrogen and oxygen atoms in total. The maximum absolute atomic E-state index is 13.9. The van der Waals surface area contributed by atoms with Crippen molar-refractivity contribution in [1.82, 2.24) is 20.9 Å². The number of hydrogen-bond donors (Lipinski definition) is 3. The van der Waals surface area contributed by atoms with Crippen LogP contribution in [0.1, 0.15) is 38.7 Å². The maximum atomic E-state index is 13.9. The molecule has 170 valence electrons. The van der Waals surface area contributed by atoms with Crippen molar-refractivity contribution in [2.75, 3.05) is 39.3 Å². The van der Waals surface area contributed by atoms with Gasteiger partial charge in [-0.2, -0.15) is 0 Å². The number of carbonyl (C=O) groups excluding carboxylic acids is 1. The first-order chi connectivity index (χ1) is 14.0. The first kappa shape index (κ1) is 26.9. The van der Waals surface area contributed by atoms with Crippen molar-refractivity contribution >= 4 is 47.4 Å². The summed E-state index contributed by atoms with van der Waals surface area (Å²) >= 11 is 6.09. The molecule has 0 atom stereocenters. The summed E-state index contributed by atoms with van der Waals surface area (Å²) in [7, 11) is 0. The minimum Gasteiger partial charge on any atom is -0.357 e. The molecule has 2 rings (SSSR count). The molecule has 0 aromatic heterocycles. The molecule has 9 heteroatoms. The Morgan fingerprint density at radius 1 is 1.27 bits per heavy atom. The van der Waals surface area contributed by atoms with Gasteiger partial charge in [-0.15, -0.1) is 24.0 Å². The third-order valence-electron chi connectivity index (χ3n) is 4.91. The second-order valence-electron chi connectivity index (χ2n) is 7.26. The molecule has 0 saturated carbocycles. The lowest BCUT2D eigenvalue weighted by Crippen LogP contribution is -2.50. The van der Waals surface area contributed by atoms with Gasteiger partial charge in [0.2, 0.25) is 5.91 Å². The largest absolute Gasteiger partial charge is 0.357 e. The Morgan fingerprint density at radius 3 is 2.63 bits per heavy atom. The van der Waals surface area contributed by atoms with Gasteiger partial charge in [-0.1, -0.05) is 24.6 Å². The summed E-state index contributed by atoms with van der Waals surface area (Å²) in [6.07, 6.45) is 3.30. The van der Waals surface area contributed by atoms with Gasteiger partial charge >= 0.3 is 0 Å². The molecular formula is C21H34ClFIN5O. The molecule has 1 fully saturated rings. The van der Waals surface area contributed by atoms with E-state index < -0.39 is 0 Å². The van der Waals surface area contributed by atoms with Crippen LogP contribution in [0.25, 0.3) is 0 Å². The summed E-state index contributed by atoms with van der Waals surface area (Å²) in [5, 5.41) is 10.1. The first-order valence-corrected chi connectivity index (χ1v) is 10.9. The van der Waals surface area contributed by atoms with E-state index in [9.17, 15) is 9.18 Å². The molecule has 1 saturated heterocycles. The highest BCUT2D eigenvalue weighted by Gasteiger charge is 2.21. The van der Waals surface area contributed by atoms with Gasteiger partial charge < -0.3 is 16.0 Å². The van der Waals surface area contributed by atoms with Gasteiger partial charge in [-0.3, -0.25) is 14.7 Å². The topological polar surface area (TPSA) is 68.8 Å². The number of guanidine groups is 1. The molecule has 1 amide bonds. The van der Waals surface area contributed by atoms with Crippen molar-refractivity contribution in [2.45, 2.75) is 45.6 Å². The standard InChI is InChI=1S/C21H33ClFN5O.HI/c1-3-11-25-20(29)15-28-13-9-16(10-14-28)27-21(24-4-2)26-12-8-17-18(22)6-5-7-19(17)23;/h5-7,16H,3-4,8-15H2,1-2H3,(H,25,29)(H2,24,26,27);1H. The molecule has 1 aliphatic heterocycles. The van der Waals surface area contributed by atoms with Gasteiger partial charge in [-0.25, -0.2) is 4.39 Å². The Morgan fingerprint density at radius 2 is 2.00 bits per heavy atom. The molecule has 1 aromatic rings. The van der Waals surface area contributed by atoms with E-state index in [1.165, 1.54) is 6.07 Å². The first-order valence-electron chi connectivity index (χ1n) is 10.5. The Balaban J connectivity index is 0.00000450. The number of likely N-dealkylation sites (tertiary alicyclic amines) is 1. The summed E-state index contributed by atoms with van der Waals surface area (Å²) in [4.78, 5) is 18.6. The van der Waals surface area contributed by atoms with Crippen molar-refractivity contribution in [3.05, 3.63) is 34.6 Å². The van der Waals surface area contributed by atoms with Gasteiger partial charge in [-0.05, 0) is 44.7 Å². The SMILES string of the molecule is CCCNC(=O)CN1CCC(NC(=NCCc2c(F)cccc2Cl)NCC)CC1.I. The van der Waals surface area contributed by atoms with Crippen LogP contribution in [0.15, 0.2) is 23.2 Å². The summed E-state index contributed by atoms with van der Waals surface area (Å²) in [6, 6.07) is 5.03. The number of benzene rings is 1. The summed E-state index contributed by atoms with van der Waals surface area (Å²) < 4.78 is 13.9. The van der Waals surface area contributed by atoms with E-state index >= 15 is 0 Å². The van der Waals surface area contributed by atoms with E-state index in [-0.39, 0.29) is 35.7 Å². The Labute approximate surface area is 201 Å². The third-order valence-corrected chi connectivity index (χ3v) is 5.26. The lowest BCUT2D eigenvalue weighted by Gasteiger charge is -2.32. The fraction of sp³-hybridized carbons (Fsp3) is 0.619. The molecule has 1 aromatic carbocycles. The number of nitrogens with zero attached hydrogens (tertiary/aromatic N) is 2. The van der Waals surface area contributed by atoms with E-state index in [4.69, 9.17) is 11.6 Å². The summed E-state index contributed by atoms with van der Waals surface area (Å²) in [5.74, 6) is 0.542. The number of piperidine rings is 1.